The highest BCUT2D eigenvalue weighted by Gasteiger charge is 2.10. The van der Waals surface area contributed by atoms with Crippen LogP contribution in [-0.4, -0.2) is 24.6 Å². The van der Waals surface area contributed by atoms with Gasteiger partial charge in [-0.2, -0.15) is 0 Å². The number of ether oxygens (including phenoxy) is 1. The molecule has 0 spiro atoms. The highest BCUT2D eigenvalue weighted by molar-refractivity contribution is 7.09. The van der Waals surface area contributed by atoms with Crippen molar-refractivity contribution in [3.63, 3.8) is 0 Å². The highest BCUT2D eigenvalue weighted by Crippen LogP contribution is 2.12. The Kier molecular flexibility index (Phi) is 4.98. The molecule has 1 amide bonds. The minimum Gasteiger partial charge on any atom is -0.410 e. The maximum Gasteiger partial charge on any atom is 0.414 e. The van der Waals surface area contributed by atoms with Crippen LogP contribution in [0.25, 0.3) is 0 Å². The molecule has 0 radical (unpaired) electrons. The maximum absolute atomic E-state index is 11.8. The summed E-state index contributed by atoms with van der Waals surface area (Å²) in [5, 5.41) is 2.07. The van der Waals surface area contributed by atoms with Crippen molar-refractivity contribution >= 4 is 17.4 Å². The molecule has 19 heavy (non-hydrogen) atoms. The SMILES string of the molecule is CN(CCCc1cccs1)C(=O)Oc1ccccc1. The quantitative estimate of drug-likeness (QED) is 0.830. The lowest BCUT2D eigenvalue weighted by Crippen LogP contribution is -2.30. The molecule has 2 aromatic rings. The molecule has 2 rings (SSSR count). The number of hydrogen-bond donors (Lipinski definition) is 0. The van der Waals surface area contributed by atoms with Crippen LogP contribution in [0.1, 0.15) is 11.3 Å². The number of aryl methyl sites for hydroxylation is 1. The van der Waals surface area contributed by atoms with Crippen LogP contribution in [0.15, 0.2) is 47.8 Å². The first-order chi connectivity index (χ1) is 9.25. The monoisotopic (exact) mass is 275 g/mol. The molecule has 0 bridgehead atoms. The molecule has 0 unspecified atom stereocenters. The molecule has 4 heteroatoms. The predicted octanol–water partition coefficient (Wildman–Crippen LogP) is 3.81. The van der Waals surface area contributed by atoms with Crippen molar-refractivity contribution in [3.8, 4) is 5.75 Å². The van der Waals surface area contributed by atoms with E-state index in [4.69, 9.17) is 4.74 Å². The van der Waals surface area contributed by atoms with Gasteiger partial charge in [0, 0.05) is 18.5 Å². The van der Waals surface area contributed by atoms with E-state index in [1.165, 1.54) is 4.88 Å². The number of thiophene rings is 1. The van der Waals surface area contributed by atoms with Crippen molar-refractivity contribution in [2.45, 2.75) is 12.8 Å². The fourth-order valence-electron chi connectivity index (χ4n) is 1.70. The van der Waals surface area contributed by atoms with Crippen LogP contribution in [-0.2, 0) is 6.42 Å². The first-order valence-corrected chi connectivity index (χ1v) is 7.14. The van der Waals surface area contributed by atoms with E-state index >= 15 is 0 Å². The number of hydrogen-bond acceptors (Lipinski definition) is 3. The maximum atomic E-state index is 11.8. The third-order valence-electron chi connectivity index (χ3n) is 2.76. The van der Waals surface area contributed by atoms with Crippen LogP contribution in [0.5, 0.6) is 5.75 Å². The second-order valence-corrected chi connectivity index (χ2v) is 5.32. The van der Waals surface area contributed by atoms with E-state index in [0.717, 1.165) is 12.8 Å². The Labute approximate surface area is 117 Å². The van der Waals surface area contributed by atoms with Gasteiger partial charge in [-0.15, -0.1) is 11.3 Å². The summed E-state index contributed by atoms with van der Waals surface area (Å²) < 4.78 is 5.25. The molecule has 1 aromatic heterocycles. The standard InChI is InChI=1S/C15H17NO2S/c1-16(11-5-9-14-10-6-12-19-14)15(17)18-13-7-3-2-4-8-13/h2-4,6-8,10,12H,5,9,11H2,1H3. The van der Waals surface area contributed by atoms with Gasteiger partial charge in [0.2, 0.25) is 0 Å². The molecule has 1 aromatic carbocycles. The molecule has 0 aliphatic rings. The molecule has 0 saturated heterocycles. The van der Waals surface area contributed by atoms with Crippen molar-refractivity contribution in [2.24, 2.45) is 0 Å². The van der Waals surface area contributed by atoms with Gasteiger partial charge in [0.1, 0.15) is 5.75 Å². The average molecular weight is 275 g/mol. The minimum absolute atomic E-state index is 0.308. The number of nitrogens with zero attached hydrogens (tertiary/aromatic N) is 1. The lowest BCUT2D eigenvalue weighted by molar-refractivity contribution is 0.162. The van der Waals surface area contributed by atoms with Crippen molar-refractivity contribution < 1.29 is 9.53 Å². The lowest BCUT2D eigenvalue weighted by Gasteiger charge is -2.16. The van der Waals surface area contributed by atoms with Crippen LogP contribution in [0.3, 0.4) is 0 Å². The molecule has 100 valence electrons. The second kappa shape index (κ2) is 6.95. The Hall–Kier alpha value is -1.81. The van der Waals surface area contributed by atoms with Gasteiger partial charge in [-0.25, -0.2) is 4.79 Å². The summed E-state index contributed by atoms with van der Waals surface area (Å²) in [7, 11) is 1.76. The fraction of sp³-hybridized carbons (Fsp3) is 0.267. The molecule has 0 atom stereocenters. The second-order valence-electron chi connectivity index (χ2n) is 4.29. The first-order valence-electron chi connectivity index (χ1n) is 6.26. The van der Waals surface area contributed by atoms with Crippen LogP contribution in [0.2, 0.25) is 0 Å². The first kappa shape index (κ1) is 13.6. The van der Waals surface area contributed by atoms with E-state index in [2.05, 4.69) is 11.4 Å². The fourth-order valence-corrected chi connectivity index (χ4v) is 2.46. The zero-order chi connectivity index (χ0) is 13.5. The molecule has 1 heterocycles. The van der Waals surface area contributed by atoms with Gasteiger partial charge in [0.25, 0.3) is 0 Å². The van der Waals surface area contributed by atoms with Crippen LogP contribution < -0.4 is 4.74 Å². The van der Waals surface area contributed by atoms with E-state index in [-0.39, 0.29) is 6.09 Å². The molecular formula is C15H17NO2S. The van der Waals surface area contributed by atoms with E-state index in [9.17, 15) is 4.79 Å². The number of carbonyl (C=O) groups excluding carboxylic acids is 1. The number of para-hydroxylation sites is 1. The van der Waals surface area contributed by atoms with Crippen LogP contribution in [0, 0.1) is 0 Å². The van der Waals surface area contributed by atoms with Crippen molar-refractivity contribution in [3.05, 3.63) is 52.7 Å². The van der Waals surface area contributed by atoms with Crippen molar-refractivity contribution in [1.82, 2.24) is 4.90 Å². The van der Waals surface area contributed by atoms with Gasteiger partial charge in [0.15, 0.2) is 0 Å². The van der Waals surface area contributed by atoms with E-state index < -0.39 is 0 Å². The summed E-state index contributed by atoms with van der Waals surface area (Å²) in [6.07, 6.45) is 1.64. The molecule has 0 saturated carbocycles. The van der Waals surface area contributed by atoms with Crippen molar-refractivity contribution in [2.75, 3.05) is 13.6 Å². The lowest BCUT2D eigenvalue weighted by atomic mass is 10.2. The Morgan fingerprint density at radius 1 is 1.21 bits per heavy atom. The van der Waals surface area contributed by atoms with Gasteiger partial charge in [-0.3, -0.25) is 0 Å². The normalized spacial score (nSPS) is 10.2. The molecule has 0 N–H and O–H groups in total. The summed E-state index contributed by atoms with van der Waals surface area (Å²) in [4.78, 5) is 14.8. The number of carbonyl (C=O) groups is 1. The van der Waals surface area contributed by atoms with Crippen molar-refractivity contribution in [1.29, 1.82) is 0 Å². The smallest absolute Gasteiger partial charge is 0.410 e. The Morgan fingerprint density at radius 2 is 2.00 bits per heavy atom. The van der Waals surface area contributed by atoms with E-state index in [1.54, 1.807) is 35.4 Å². The Balaban J connectivity index is 1.73. The molecule has 3 nitrogen and oxygen atoms in total. The summed E-state index contributed by atoms with van der Waals surface area (Å²) in [6.45, 7) is 0.698. The third-order valence-corrected chi connectivity index (χ3v) is 3.69. The van der Waals surface area contributed by atoms with E-state index in [1.807, 2.05) is 24.3 Å². The highest BCUT2D eigenvalue weighted by atomic mass is 32.1. The molecule has 0 fully saturated rings. The van der Waals surface area contributed by atoms with Gasteiger partial charge in [-0.1, -0.05) is 24.3 Å². The van der Waals surface area contributed by atoms with Crippen LogP contribution in [0.4, 0.5) is 4.79 Å². The zero-order valence-electron chi connectivity index (χ0n) is 10.9. The Morgan fingerprint density at radius 3 is 2.68 bits per heavy atom. The minimum atomic E-state index is -0.308. The largest absolute Gasteiger partial charge is 0.414 e. The molecular weight excluding hydrogens is 258 g/mol. The number of amides is 1. The van der Waals surface area contributed by atoms with E-state index in [0.29, 0.717) is 12.3 Å². The predicted molar refractivity (Wildman–Crippen MR) is 77.7 cm³/mol. The van der Waals surface area contributed by atoms with Gasteiger partial charge in [-0.05, 0) is 36.4 Å². The van der Waals surface area contributed by atoms with Gasteiger partial charge < -0.3 is 9.64 Å². The van der Waals surface area contributed by atoms with Gasteiger partial charge in [0.05, 0.1) is 0 Å². The summed E-state index contributed by atoms with van der Waals surface area (Å²) in [6, 6.07) is 13.3. The third kappa shape index (κ3) is 4.41. The molecule has 0 aliphatic heterocycles. The summed E-state index contributed by atoms with van der Waals surface area (Å²) in [5.74, 6) is 0.581. The number of benzene rings is 1. The topological polar surface area (TPSA) is 29.5 Å². The van der Waals surface area contributed by atoms with Gasteiger partial charge >= 0.3 is 6.09 Å². The zero-order valence-corrected chi connectivity index (χ0v) is 11.7. The Bertz CT molecular complexity index is 496. The van der Waals surface area contributed by atoms with Crippen LogP contribution >= 0.6 is 11.3 Å². The summed E-state index contributed by atoms with van der Waals surface area (Å²) in [5.41, 5.74) is 0. The summed E-state index contributed by atoms with van der Waals surface area (Å²) >= 11 is 1.75. The molecule has 0 aliphatic carbocycles. The average Bonchev–Trinajstić information content (AvgIpc) is 2.93. The number of rotatable bonds is 5.